The van der Waals surface area contributed by atoms with Crippen LogP contribution in [0.4, 0.5) is 4.39 Å². The first-order valence-electron chi connectivity index (χ1n) is 5.40. The molecule has 16 heavy (non-hydrogen) atoms. The van der Waals surface area contributed by atoms with Gasteiger partial charge in [-0.05, 0) is 25.3 Å². The molecule has 0 aliphatic heterocycles. The van der Waals surface area contributed by atoms with Gasteiger partial charge in [-0.2, -0.15) is 0 Å². The van der Waals surface area contributed by atoms with Crippen LogP contribution in [0.25, 0.3) is 0 Å². The first-order valence-corrected chi connectivity index (χ1v) is 5.40. The summed E-state index contributed by atoms with van der Waals surface area (Å²) in [7, 11) is 1.65. The third kappa shape index (κ3) is 3.27. The van der Waals surface area contributed by atoms with Crippen LogP contribution < -0.4 is 11.3 Å². The van der Waals surface area contributed by atoms with E-state index < -0.39 is 0 Å². The highest BCUT2D eigenvalue weighted by molar-refractivity contribution is 5.27. The molecule has 1 atom stereocenters. The number of ether oxygens (including phenoxy) is 1. The van der Waals surface area contributed by atoms with Gasteiger partial charge in [-0.1, -0.05) is 18.2 Å². The van der Waals surface area contributed by atoms with Crippen molar-refractivity contribution in [3.05, 3.63) is 35.1 Å². The molecule has 0 radical (unpaired) electrons. The minimum absolute atomic E-state index is 0.157. The number of hydrazine groups is 1. The molecular weight excluding hydrogens is 207 g/mol. The molecule has 1 rings (SSSR count). The Morgan fingerprint density at radius 3 is 2.88 bits per heavy atom. The van der Waals surface area contributed by atoms with Crippen molar-refractivity contribution in [1.82, 2.24) is 5.43 Å². The Kier molecular flexibility index (Phi) is 5.38. The van der Waals surface area contributed by atoms with Crippen LogP contribution in [0, 0.1) is 12.7 Å². The molecule has 0 saturated heterocycles. The fourth-order valence-electron chi connectivity index (χ4n) is 1.70. The molecule has 1 unspecified atom stereocenters. The monoisotopic (exact) mass is 226 g/mol. The Hall–Kier alpha value is -0.970. The number of hydrogen-bond acceptors (Lipinski definition) is 3. The quantitative estimate of drug-likeness (QED) is 0.443. The van der Waals surface area contributed by atoms with Crippen molar-refractivity contribution in [2.75, 3.05) is 13.7 Å². The highest BCUT2D eigenvalue weighted by Gasteiger charge is 2.14. The van der Waals surface area contributed by atoms with Gasteiger partial charge in [-0.25, -0.2) is 4.39 Å². The van der Waals surface area contributed by atoms with Gasteiger partial charge >= 0.3 is 0 Å². The summed E-state index contributed by atoms with van der Waals surface area (Å²) in [6.45, 7) is 2.41. The molecule has 1 aromatic rings. The number of nitrogens with one attached hydrogen (secondary N) is 1. The van der Waals surface area contributed by atoms with Crippen molar-refractivity contribution >= 4 is 0 Å². The summed E-state index contributed by atoms with van der Waals surface area (Å²) in [5.41, 5.74) is 3.92. The lowest BCUT2D eigenvalue weighted by Gasteiger charge is -2.17. The highest BCUT2D eigenvalue weighted by atomic mass is 19.1. The van der Waals surface area contributed by atoms with Gasteiger partial charge in [0, 0.05) is 25.3 Å². The zero-order valence-electron chi connectivity index (χ0n) is 9.79. The summed E-state index contributed by atoms with van der Waals surface area (Å²) in [6.07, 6.45) is 1.60. The van der Waals surface area contributed by atoms with Gasteiger partial charge in [0.1, 0.15) is 5.82 Å². The molecule has 90 valence electrons. The van der Waals surface area contributed by atoms with Gasteiger partial charge in [-0.15, -0.1) is 0 Å². The third-order valence-corrected chi connectivity index (χ3v) is 2.64. The molecule has 3 nitrogen and oxygen atoms in total. The largest absolute Gasteiger partial charge is 0.385 e. The van der Waals surface area contributed by atoms with E-state index in [1.54, 1.807) is 26.2 Å². The van der Waals surface area contributed by atoms with Gasteiger partial charge in [0.2, 0.25) is 0 Å². The molecule has 0 amide bonds. The van der Waals surface area contributed by atoms with E-state index in [0.29, 0.717) is 17.7 Å². The van der Waals surface area contributed by atoms with Crippen LogP contribution >= 0.6 is 0 Å². The number of nitrogens with two attached hydrogens (primary N) is 1. The molecule has 0 aliphatic carbocycles. The second-order valence-electron chi connectivity index (χ2n) is 3.83. The standard InChI is InChI=1S/C12H19FN2O/c1-9-5-3-6-10(12(9)13)11(15-14)7-4-8-16-2/h3,5-6,11,15H,4,7-8,14H2,1-2H3. The van der Waals surface area contributed by atoms with Gasteiger partial charge in [-0.3, -0.25) is 11.3 Å². The van der Waals surface area contributed by atoms with Crippen LogP contribution in [0.15, 0.2) is 18.2 Å². The highest BCUT2D eigenvalue weighted by Crippen LogP contribution is 2.22. The van der Waals surface area contributed by atoms with Crippen molar-refractivity contribution in [2.24, 2.45) is 5.84 Å². The minimum Gasteiger partial charge on any atom is -0.385 e. The van der Waals surface area contributed by atoms with Crippen LogP contribution in [0.2, 0.25) is 0 Å². The number of hydrogen-bond donors (Lipinski definition) is 2. The van der Waals surface area contributed by atoms with Crippen LogP contribution in [-0.4, -0.2) is 13.7 Å². The molecule has 0 saturated carbocycles. The zero-order chi connectivity index (χ0) is 12.0. The van der Waals surface area contributed by atoms with Crippen molar-refractivity contribution < 1.29 is 9.13 Å². The molecule has 3 N–H and O–H groups in total. The van der Waals surface area contributed by atoms with E-state index in [4.69, 9.17) is 10.6 Å². The molecule has 0 heterocycles. The fourth-order valence-corrected chi connectivity index (χ4v) is 1.70. The maximum atomic E-state index is 13.8. The Morgan fingerprint density at radius 1 is 1.50 bits per heavy atom. The molecule has 0 aromatic heterocycles. The van der Waals surface area contributed by atoms with E-state index in [2.05, 4.69) is 5.43 Å². The first-order chi connectivity index (χ1) is 7.70. The number of halogens is 1. The second kappa shape index (κ2) is 6.58. The molecule has 1 aromatic carbocycles. The predicted octanol–water partition coefficient (Wildman–Crippen LogP) is 2.07. The molecule has 0 spiro atoms. The van der Waals surface area contributed by atoms with Crippen LogP contribution in [0.5, 0.6) is 0 Å². The summed E-state index contributed by atoms with van der Waals surface area (Å²) >= 11 is 0. The smallest absolute Gasteiger partial charge is 0.130 e. The van der Waals surface area contributed by atoms with Crippen LogP contribution in [0.1, 0.15) is 30.0 Å². The Morgan fingerprint density at radius 2 is 2.25 bits per heavy atom. The Bertz CT molecular complexity index is 331. The molecule has 0 bridgehead atoms. The van der Waals surface area contributed by atoms with Crippen molar-refractivity contribution in [3.8, 4) is 0 Å². The summed E-state index contributed by atoms with van der Waals surface area (Å²) in [5, 5.41) is 0. The summed E-state index contributed by atoms with van der Waals surface area (Å²) in [6, 6.07) is 5.20. The summed E-state index contributed by atoms with van der Waals surface area (Å²) < 4.78 is 18.8. The Balaban J connectivity index is 2.74. The van der Waals surface area contributed by atoms with E-state index in [-0.39, 0.29) is 11.9 Å². The number of aryl methyl sites for hydroxylation is 1. The minimum atomic E-state index is -0.178. The normalized spacial score (nSPS) is 12.8. The lowest BCUT2D eigenvalue weighted by Crippen LogP contribution is -2.29. The SMILES string of the molecule is COCCCC(NN)c1cccc(C)c1F. The molecule has 4 heteroatoms. The molecular formula is C12H19FN2O. The van der Waals surface area contributed by atoms with E-state index in [9.17, 15) is 4.39 Å². The first kappa shape index (κ1) is 13.1. The topological polar surface area (TPSA) is 47.3 Å². The second-order valence-corrected chi connectivity index (χ2v) is 3.83. The molecule has 0 fully saturated rings. The van der Waals surface area contributed by atoms with Crippen molar-refractivity contribution in [1.29, 1.82) is 0 Å². The molecule has 0 aliphatic rings. The maximum Gasteiger partial charge on any atom is 0.130 e. The van der Waals surface area contributed by atoms with E-state index in [1.807, 2.05) is 6.07 Å². The number of methoxy groups -OCH3 is 1. The summed E-state index contributed by atoms with van der Waals surface area (Å²) in [4.78, 5) is 0. The van der Waals surface area contributed by atoms with Gasteiger partial charge in [0.25, 0.3) is 0 Å². The predicted molar refractivity (Wildman–Crippen MR) is 62.3 cm³/mol. The van der Waals surface area contributed by atoms with Gasteiger partial charge in [0.15, 0.2) is 0 Å². The van der Waals surface area contributed by atoms with Gasteiger partial charge < -0.3 is 4.74 Å². The van der Waals surface area contributed by atoms with Crippen molar-refractivity contribution in [2.45, 2.75) is 25.8 Å². The van der Waals surface area contributed by atoms with Crippen molar-refractivity contribution in [3.63, 3.8) is 0 Å². The van der Waals surface area contributed by atoms with Gasteiger partial charge in [0.05, 0.1) is 0 Å². The zero-order valence-corrected chi connectivity index (χ0v) is 9.79. The average molecular weight is 226 g/mol. The van der Waals surface area contributed by atoms with Crippen LogP contribution in [0.3, 0.4) is 0 Å². The van der Waals surface area contributed by atoms with E-state index >= 15 is 0 Å². The number of benzene rings is 1. The van der Waals surface area contributed by atoms with Crippen LogP contribution in [-0.2, 0) is 4.74 Å². The summed E-state index contributed by atoms with van der Waals surface area (Å²) in [5.74, 6) is 5.27. The maximum absolute atomic E-state index is 13.8. The third-order valence-electron chi connectivity index (χ3n) is 2.64. The van der Waals surface area contributed by atoms with E-state index in [0.717, 1.165) is 12.8 Å². The van der Waals surface area contributed by atoms with E-state index in [1.165, 1.54) is 0 Å². The lowest BCUT2D eigenvalue weighted by molar-refractivity contribution is 0.188. The Labute approximate surface area is 95.8 Å². The number of rotatable bonds is 6. The fraction of sp³-hybridized carbons (Fsp3) is 0.500. The lowest BCUT2D eigenvalue weighted by atomic mass is 10.00. The average Bonchev–Trinajstić information content (AvgIpc) is 2.29.